The van der Waals surface area contributed by atoms with Crippen molar-refractivity contribution in [2.75, 3.05) is 0 Å². The molecule has 1 aromatic carbocycles. The van der Waals surface area contributed by atoms with Crippen molar-refractivity contribution >= 4 is 17.2 Å². The molecule has 0 fully saturated rings. The predicted molar refractivity (Wildman–Crippen MR) is 92.0 cm³/mol. The number of thiazole rings is 1. The molecule has 128 valence electrons. The molecular weight excluding hydrogens is 344 g/mol. The Bertz CT molecular complexity index is 883. The number of halogens is 2. The monoisotopic (exact) mass is 359 g/mol. The van der Waals surface area contributed by atoms with Crippen molar-refractivity contribution in [2.45, 2.75) is 19.4 Å². The third-order valence-corrected chi connectivity index (χ3v) is 4.51. The number of hydrogen-bond donors (Lipinski definition) is 1. The van der Waals surface area contributed by atoms with Crippen molar-refractivity contribution in [3.05, 3.63) is 70.9 Å². The summed E-state index contributed by atoms with van der Waals surface area (Å²) in [5, 5.41) is 5.32. The highest BCUT2D eigenvalue weighted by molar-refractivity contribution is 7.13. The van der Waals surface area contributed by atoms with Gasteiger partial charge in [-0.2, -0.15) is 0 Å². The maximum atomic E-state index is 13.3. The molecule has 1 amide bonds. The van der Waals surface area contributed by atoms with Gasteiger partial charge in [0, 0.05) is 11.6 Å². The molecule has 3 rings (SSSR count). The van der Waals surface area contributed by atoms with Crippen molar-refractivity contribution in [2.24, 2.45) is 0 Å². The standard InChI is InChI=1S/C18H15F2N3OS/c1-11(12-5-6-14(19)15(20)8-12)22-17(24)9-13-10-25-18(23-13)16-4-2-3-7-21-16/h2-8,10-11H,9H2,1H3,(H,22,24)/t11-/m0/s1. The number of carbonyl (C=O) groups is 1. The lowest BCUT2D eigenvalue weighted by Gasteiger charge is -2.14. The van der Waals surface area contributed by atoms with Gasteiger partial charge in [0.15, 0.2) is 11.6 Å². The Morgan fingerprint density at radius 1 is 1.24 bits per heavy atom. The molecule has 0 unspecified atom stereocenters. The van der Waals surface area contributed by atoms with Crippen LogP contribution >= 0.6 is 11.3 Å². The molecule has 0 aliphatic rings. The van der Waals surface area contributed by atoms with Crippen LogP contribution in [0.15, 0.2) is 48.0 Å². The van der Waals surface area contributed by atoms with Gasteiger partial charge in [0.1, 0.15) is 5.01 Å². The van der Waals surface area contributed by atoms with E-state index < -0.39 is 17.7 Å². The van der Waals surface area contributed by atoms with E-state index in [0.29, 0.717) is 11.3 Å². The molecule has 0 saturated heterocycles. The van der Waals surface area contributed by atoms with Crippen LogP contribution in [-0.4, -0.2) is 15.9 Å². The predicted octanol–water partition coefficient (Wildman–Crippen LogP) is 3.90. The summed E-state index contributed by atoms with van der Waals surface area (Å²) in [5.74, 6) is -2.08. The number of nitrogens with one attached hydrogen (secondary N) is 1. The number of pyridine rings is 1. The van der Waals surface area contributed by atoms with Gasteiger partial charge in [0.2, 0.25) is 5.91 Å². The van der Waals surface area contributed by atoms with Crippen LogP contribution in [0.3, 0.4) is 0 Å². The fourth-order valence-corrected chi connectivity index (χ4v) is 3.11. The van der Waals surface area contributed by atoms with Crippen LogP contribution in [0.5, 0.6) is 0 Å². The summed E-state index contributed by atoms with van der Waals surface area (Å²) in [6.45, 7) is 1.71. The molecule has 2 aromatic heterocycles. The summed E-state index contributed by atoms with van der Waals surface area (Å²) in [6.07, 6.45) is 1.80. The van der Waals surface area contributed by atoms with Crippen LogP contribution in [-0.2, 0) is 11.2 Å². The first-order valence-corrected chi connectivity index (χ1v) is 8.51. The Hall–Kier alpha value is -2.67. The van der Waals surface area contributed by atoms with Gasteiger partial charge in [-0.1, -0.05) is 12.1 Å². The number of nitrogens with zero attached hydrogens (tertiary/aromatic N) is 2. The summed E-state index contributed by atoms with van der Waals surface area (Å²) >= 11 is 1.42. The first-order chi connectivity index (χ1) is 12.0. The molecule has 0 aliphatic heterocycles. The van der Waals surface area contributed by atoms with E-state index in [0.717, 1.165) is 22.8 Å². The highest BCUT2D eigenvalue weighted by Crippen LogP contribution is 2.22. The maximum Gasteiger partial charge on any atom is 0.226 e. The fourth-order valence-electron chi connectivity index (χ4n) is 2.32. The molecular formula is C18H15F2N3OS. The van der Waals surface area contributed by atoms with E-state index >= 15 is 0 Å². The van der Waals surface area contributed by atoms with Crippen LogP contribution in [0.2, 0.25) is 0 Å². The molecule has 0 saturated carbocycles. The Labute approximate surface area is 147 Å². The van der Waals surface area contributed by atoms with Crippen LogP contribution in [0.25, 0.3) is 10.7 Å². The van der Waals surface area contributed by atoms with E-state index in [-0.39, 0.29) is 12.3 Å². The SMILES string of the molecule is C[C@H](NC(=O)Cc1csc(-c2ccccn2)n1)c1ccc(F)c(F)c1. The van der Waals surface area contributed by atoms with E-state index in [1.165, 1.54) is 17.4 Å². The first-order valence-electron chi connectivity index (χ1n) is 7.63. The average molecular weight is 359 g/mol. The van der Waals surface area contributed by atoms with E-state index in [9.17, 15) is 13.6 Å². The lowest BCUT2D eigenvalue weighted by molar-refractivity contribution is -0.121. The molecule has 4 nitrogen and oxygen atoms in total. The van der Waals surface area contributed by atoms with Crippen LogP contribution in [0, 0.1) is 11.6 Å². The van der Waals surface area contributed by atoms with E-state index in [1.54, 1.807) is 13.1 Å². The molecule has 1 atom stereocenters. The van der Waals surface area contributed by atoms with Crippen LogP contribution in [0.4, 0.5) is 8.78 Å². The minimum absolute atomic E-state index is 0.108. The van der Waals surface area contributed by atoms with Gasteiger partial charge >= 0.3 is 0 Å². The summed E-state index contributed by atoms with van der Waals surface area (Å²) in [7, 11) is 0. The molecule has 7 heteroatoms. The van der Waals surface area contributed by atoms with Gasteiger partial charge in [-0.25, -0.2) is 13.8 Å². The third-order valence-electron chi connectivity index (χ3n) is 3.60. The topological polar surface area (TPSA) is 54.9 Å². The third kappa shape index (κ3) is 4.24. The number of hydrogen-bond acceptors (Lipinski definition) is 4. The molecule has 3 aromatic rings. The highest BCUT2D eigenvalue weighted by Gasteiger charge is 2.14. The van der Waals surface area contributed by atoms with E-state index in [2.05, 4.69) is 15.3 Å². The smallest absolute Gasteiger partial charge is 0.226 e. The molecule has 25 heavy (non-hydrogen) atoms. The molecule has 0 aliphatic carbocycles. The fraction of sp³-hybridized carbons (Fsp3) is 0.167. The minimum atomic E-state index is -0.932. The Morgan fingerprint density at radius 3 is 2.80 bits per heavy atom. The quantitative estimate of drug-likeness (QED) is 0.752. The zero-order chi connectivity index (χ0) is 17.8. The summed E-state index contributed by atoms with van der Waals surface area (Å²) in [6, 6.07) is 8.70. The lowest BCUT2D eigenvalue weighted by Crippen LogP contribution is -2.28. The Morgan fingerprint density at radius 2 is 2.08 bits per heavy atom. The van der Waals surface area contributed by atoms with Crippen molar-refractivity contribution < 1.29 is 13.6 Å². The van der Waals surface area contributed by atoms with E-state index in [1.807, 2.05) is 23.6 Å². The summed E-state index contributed by atoms with van der Waals surface area (Å²) in [4.78, 5) is 20.8. The lowest BCUT2D eigenvalue weighted by atomic mass is 10.1. The second-order valence-electron chi connectivity index (χ2n) is 5.50. The van der Waals surface area contributed by atoms with Crippen molar-refractivity contribution in [3.8, 4) is 10.7 Å². The van der Waals surface area contributed by atoms with Gasteiger partial charge in [0.25, 0.3) is 0 Å². The van der Waals surface area contributed by atoms with E-state index in [4.69, 9.17) is 0 Å². The zero-order valence-electron chi connectivity index (χ0n) is 13.4. The van der Waals surface area contributed by atoms with Gasteiger partial charge in [-0.15, -0.1) is 11.3 Å². The van der Waals surface area contributed by atoms with Gasteiger partial charge in [-0.05, 0) is 36.8 Å². The number of rotatable bonds is 5. The molecule has 0 bridgehead atoms. The number of amides is 1. The van der Waals surface area contributed by atoms with Crippen molar-refractivity contribution in [1.82, 2.24) is 15.3 Å². The molecule has 2 heterocycles. The van der Waals surface area contributed by atoms with Crippen LogP contribution in [0.1, 0.15) is 24.2 Å². The molecule has 0 radical (unpaired) electrons. The normalized spacial score (nSPS) is 12.0. The molecule has 0 spiro atoms. The van der Waals surface area contributed by atoms with Crippen LogP contribution < -0.4 is 5.32 Å². The summed E-state index contributed by atoms with van der Waals surface area (Å²) < 4.78 is 26.3. The highest BCUT2D eigenvalue weighted by atomic mass is 32.1. The Kier molecular flexibility index (Phi) is 5.14. The first kappa shape index (κ1) is 17.2. The maximum absolute atomic E-state index is 13.3. The second kappa shape index (κ2) is 7.48. The largest absolute Gasteiger partial charge is 0.349 e. The van der Waals surface area contributed by atoms with Gasteiger partial charge in [-0.3, -0.25) is 9.78 Å². The van der Waals surface area contributed by atoms with Crippen molar-refractivity contribution in [3.63, 3.8) is 0 Å². The minimum Gasteiger partial charge on any atom is -0.349 e. The zero-order valence-corrected chi connectivity index (χ0v) is 14.2. The Balaban J connectivity index is 1.62. The number of carbonyl (C=O) groups excluding carboxylic acids is 1. The second-order valence-corrected chi connectivity index (χ2v) is 6.36. The number of aromatic nitrogens is 2. The number of benzene rings is 1. The summed E-state index contributed by atoms with van der Waals surface area (Å²) in [5.41, 5.74) is 1.90. The van der Waals surface area contributed by atoms with Gasteiger partial charge < -0.3 is 5.32 Å². The van der Waals surface area contributed by atoms with Gasteiger partial charge in [0.05, 0.1) is 23.9 Å². The molecule has 1 N–H and O–H groups in total. The average Bonchev–Trinajstić information content (AvgIpc) is 3.06. The van der Waals surface area contributed by atoms with Crippen molar-refractivity contribution in [1.29, 1.82) is 0 Å².